The van der Waals surface area contributed by atoms with Crippen LogP contribution >= 0.6 is 0 Å². The van der Waals surface area contributed by atoms with Gasteiger partial charge in [-0.05, 0) is 39.2 Å². The molecule has 224 valence electrons. The Morgan fingerprint density at radius 2 is 1.67 bits per heavy atom. The summed E-state index contributed by atoms with van der Waals surface area (Å²) in [6, 6.07) is 0.216. The highest BCUT2D eigenvalue weighted by Crippen LogP contribution is 2.42. The second-order valence-electron chi connectivity index (χ2n) is 11.9. The first-order valence-electron chi connectivity index (χ1n) is 14.1. The second-order valence-corrected chi connectivity index (χ2v) is 11.9. The van der Waals surface area contributed by atoms with Gasteiger partial charge < -0.3 is 20.7 Å². The van der Waals surface area contributed by atoms with Gasteiger partial charge in [0.2, 0.25) is 0 Å². The number of hydrogen-bond acceptors (Lipinski definition) is 8. The Balaban J connectivity index is 1.38. The van der Waals surface area contributed by atoms with Crippen LogP contribution < -0.4 is 20.7 Å². The molecular weight excluding hydrogens is 564 g/mol. The summed E-state index contributed by atoms with van der Waals surface area (Å²) in [6.07, 6.45) is 2.87. The zero-order valence-electron chi connectivity index (χ0n) is 22.8. The molecule has 4 fully saturated rings. The number of fused-ring (bicyclic) bond motifs is 4. The summed E-state index contributed by atoms with van der Waals surface area (Å²) >= 11 is 0. The molecule has 0 amide bonds. The number of aromatic nitrogens is 3. The molecule has 0 spiro atoms. The topological polar surface area (TPSA) is 92.4 Å². The molecule has 8 nitrogen and oxygen atoms in total. The molecule has 2 aromatic heterocycles. The maximum Gasteiger partial charge on any atom is 0.319 e. The average Bonchev–Trinajstić information content (AvgIpc) is 3.62. The first-order valence-corrected chi connectivity index (χ1v) is 14.1. The predicted octanol–water partition coefficient (Wildman–Crippen LogP) is 4.17. The van der Waals surface area contributed by atoms with E-state index in [1.54, 1.807) is 0 Å². The number of benzene rings is 1. The summed E-state index contributed by atoms with van der Waals surface area (Å²) in [7, 11) is 0. The van der Waals surface area contributed by atoms with Gasteiger partial charge in [-0.2, -0.15) is 9.97 Å². The van der Waals surface area contributed by atoms with Crippen LogP contribution in [0.15, 0.2) is 0 Å². The number of anilines is 2. The minimum atomic E-state index is -2.14. The Kier molecular flexibility index (Phi) is 6.42. The summed E-state index contributed by atoms with van der Waals surface area (Å²) in [5.74, 6) is -8.84. The first kappa shape index (κ1) is 27.4. The number of nitrogens with zero attached hydrogens (tertiary/aromatic N) is 5. The molecule has 4 atom stereocenters. The molecule has 4 saturated heterocycles. The number of pyridine rings is 1. The molecule has 0 aliphatic carbocycles. The lowest BCUT2D eigenvalue weighted by Gasteiger charge is -2.35. The monoisotopic (exact) mass is 593 g/mol. The van der Waals surface area contributed by atoms with Gasteiger partial charge in [0, 0.05) is 38.1 Å². The summed E-state index contributed by atoms with van der Waals surface area (Å²) in [6.45, 7) is 3.80. The van der Waals surface area contributed by atoms with E-state index in [0.717, 1.165) is 32.2 Å². The number of nitrogens with two attached hydrogens (primary N) is 1. The lowest BCUT2D eigenvalue weighted by molar-refractivity contribution is 0.107. The smallest absolute Gasteiger partial charge is 0.319 e. The summed E-state index contributed by atoms with van der Waals surface area (Å²) < 4.78 is 94.0. The van der Waals surface area contributed by atoms with E-state index in [0.29, 0.717) is 31.9 Å². The molecule has 3 aromatic rings. The highest BCUT2D eigenvalue weighted by atomic mass is 19.2. The molecule has 1 aromatic carbocycles. The van der Waals surface area contributed by atoms with Gasteiger partial charge in [0.1, 0.15) is 29.8 Å². The lowest BCUT2D eigenvalue weighted by atomic mass is 9.95. The van der Waals surface area contributed by atoms with Gasteiger partial charge in [-0.15, -0.1) is 0 Å². The number of rotatable bonds is 5. The van der Waals surface area contributed by atoms with Crippen molar-refractivity contribution in [3.63, 3.8) is 0 Å². The number of aryl methyl sites for hydroxylation is 1. The molecule has 3 N–H and O–H groups in total. The van der Waals surface area contributed by atoms with Crippen LogP contribution in [0.4, 0.5) is 37.8 Å². The Bertz CT molecular complexity index is 1570. The van der Waals surface area contributed by atoms with Gasteiger partial charge in [-0.25, -0.2) is 31.3 Å². The minimum Gasteiger partial charge on any atom is -0.461 e. The fourth-order valence-electron chi connectivity index (χ4n) is 7.26. The maximum absolute atomic E-state index is 16.3. The van der Waals surface area contributed by atoms with Crippen molar-refractivity contribution in [3.05, 3.63) is 34.8 Å². The quantitative estimate of drug-likeness (QED) is 0.197. The SMILES string of the molecule is Cc1nc(-c2c(N)c(F)c(F)c(F)c2F)c(F)c2nc(OC[C@@]34CCCN3C[C@H](F)C4)nc(N3C[C@H]4CC[C@@H](C3)N4)c12. The van der Waals surface area contributed by atoms with Crippen LogP contribution in [0.2, 0.25) is 0 Å². The molecule has 6 heterocycles. The zero-order chi connectivity index (χ0) is 29.5. The maximum atomic E-state index is 16.3. The van der Waals surface area contributed by atoms with Gasteiger partial charge in [0.15, 0.2) is 29.1 Å². The van der Waals surface area contributed by atoms with Crippen LogP contribution in [0.1, 0.15) is 37.8 Å². The highest BCUT2D eigenvalue weighted by Gasteiger charge is 2.49. The normalized spacial score (nSPS) is 27.3. The second kappa shape index (κ2) is 9.83. The van der Waals surface area contributed by atoms with Crippen molar-refractivity contribution in [1.82, 2.24) is 25.2 Å². The van der Waals surface area contributed by atoms with Crippen molar-refractivity contribution in [1.29, 1.82) is 0 Å². The number of halogens is 6. The third-order valence-electron chi connectivity index (χ3n) is 9.21. The lowest BCUT2D eigenvalue weighted by Crippen LogP contribution is -2.51. The standard InChI is InChI=1S/C28H29F6N7O/c1-12-16-24(22(34)25(36-12)17-18(30)19(31)20(32)21(33)23(17)35)38-27(39-26(16)40-9-14-3-4-15(10-40)37-14)42-11-28-5-2-6-41(28)8-13(29)7-28/h13-15,37H,2-11,35H2,1H3/t13-,14-,15+,28+/m1/s1. The van der Waals surface area contributed by atoms with E-state index in [9.17, 15) is 22.0 Å². The Labute approximate surface area is 237 Å². The van der Waals surface area contributed by atoms with Gasteiger partial charge in [-0.1, -0.05) is 0 Å². The molecular formula is C28H29F6N7O. The Morgan fingerprint density at radius 1 is 0.952 bits per heavy atom. The molecule has 14 heteroatoms. The first-order chi connectivity index (χ1) is 20.1. The molecule has 2 bridgehead atoms. The summed E-state index contributed by atoms with van der Waals surface area (Å²) in [5, 5.41) is 3.74. The van der Waals surface area contributed by atoms with Crippen LogP contribution in [0.5, 0.6) is 6.01 Å². The van der Waals surface area contributed by atoms with E-state index in [1.807, 2.05) is 4.90 Å². The van der Waals surface area contributed by atoms with E-state index in [4.69, 9.17) is 10.5 Å². The molecule has 4 aliphatic heterocycles. The molecule has 0 saturated carbocycles. The van der Waals surface area contributed by atoms with E-state index in [2.05, 4.69) is 25.2 Å². The zero-order valence-corrected chi connectivity index (χ0v) is 22.8. The van der Waals surface area contributed by atoms with Crippen molar-refractivity contribution in [2.45, 2.75) is 62.8 Å². The van der Waals surface area contributed by atoms with Gasteiger partial charge in [0.05, 0.1) is 27.9 Å². The van der Waals surface area contributed by atoms with Gasteiger partial charge in [-0.3, -0.25) is 4.90 Å². The largest absolute Gasteiger partial charge is 0.461 e. The van der Waals surface area contributed by atoms with Crippen molar-refractivity contribution in [3.8, 4) is 17.3 Å². The fraction of sp³-hybridized carbons (Fsp3) is 0.536. The van der Waals surface area contributed by atoms with Crippen LogP contribution in [0, 0.1) is 36.0 Å². The van der Waals surface area contributed by atoms with E-state index < -0.39 is 57.7 Å². The Morgan fingerprint density at radius 3 is 2.40 bits per heavy atom. The molecule has 0 radical (unpaired) electrons. The number of alkyl halides is 1. The van der Waals surface area contributed by atoms with E-state index in [1.165, 1.54) is 6.92 Å². The van der Waals surface area contributed by atoms with Crippen LogP contribution in [0.25, 0.3) is 22.2 Å². The van der Waals surface area contributed by atoms with Crippen molar-refractivity contribution in [2.24, 2.45) is 0 Å². The Hall–Kier alpha value is -3.39. The molecule has 4 aliphatic rings. The number of nitrogens with one attached hydrogen (secondary N) is 1. The third kappa shape index (κ3) is 4.16. The van der Waals surface area contributed by atoms with E-state index >= 15 is 4.39 Å². The van der Waals surface area contributed by atoms with Crippen LogP contribution in [-0.2, 0) is 0 Å². The molecule has 0 unspecified atom stereocenters. The van der Waals surface area contributed by atoms with Crippen LogP contribution in [0.3, 0.4) is 0 Å². The summed E-state index contributed by atoms with van der Waals surface area (Å²) in [5.41, 5.74) is 1.93. The number of ether oxygens (including phenoxy) is 1. The minimum absolute atomic E-state index is 0.0830. The van der Waals surface area contributed by atoms with Gasteiger partial charge >= 0.3 is 6.01 Å². The van der Waals surface area contributed by atoms with Crippen molar-refractivity contribution in [2.75, 3.05) is 43.4 Å². The summed E-state index contributed by atoms with van der Waals surface area (Å²) in [4.78, 5) is 17.2. The van der Waals surface area contributed by atoms with Crippen molar-refractivity contribution < 1.29 is 31.1 Å². The highest BCUT2D eigenvalue weighted by molar-refractivity contribution is 5.95. The predicted molar refractivity (Wildman–Crippen MR) is 142 cm³/mol. The third-order valence-corrected chi connectivity index (χ3v) is 9.21. The van der Waals surface area contributed by atoms with E-state index in [-0.39, 0.29) is 41.3 Å². The number of hydrogen-bond donors (Lipinski definition) is 2. The average molecular weight is 594 g/mol. The molecule has 42 heavy (non-hydrogen) atoms. The van der Waals surface area contributed by atoms with Crippen LogP contribution in [-0.4, -0.2) is 76.4 Å². The fourth-order valence-corrected chi connectivity index (χ4v) is 7.26. The number of piperazine rings is 1. The van der Waals surface area contributed by atoms with Gasteiger partial charge in [0.25, 0.3) is 0 Å². The van der Waals surface area contributed by atoms with Crippen molar-refractivity contribution >= 4 is 22.4 Å². The number of nitrogen functional groups attached to an aromatic ring is 1. The molecule has 7 rings (SSSR count).